The van der Waals surface area contributed by atoms with Crippen molar-refractivity contribution < 1.29 is 20.5 Å². The molecule has 0 spiro atoms. The maximum Gasteiger partial charge on any atom is 0.335 e. The number of carbonyl (C=O) groups excluding carboxylic acids is 1. The van der Waals surface area contributed by atoms with E-state index >= 15 is 0 Å². The van der Waals surface area contributed by atoms with Gasteiger partial charge < -0.3 is 5.11 Å². The molecule has 1 saturated heterocycles. The third kappa shape index (κ3) is 2.94. The molecular weight excluding hydrogens is 317 g/mol. The van der Waals surface area contributed by atoms with Crippen molar-refractivity contribution in [3.8, 4) is 0 Å². The average molecular weight is 332 g/mol. The maximum atomic E-state index is 13.2. The first kappa shape index (κ1) is 14.3. The Morgan fingerprint density at radius 2 is 2.04 bits per heavy atom. The van der Waals surface area contributed by atoms with E-state index in [1.165, 1.54) is 47.4 Å². The van der Waals surface area contributed by atoms with Gasteiger partial charge >= 0.3 is 5.97 Å². The van der Waals surface area contributed by atoms with Gasteiger partial charge in [0.1, 0.15) is 11.2 Å². The highest BCUT2D eigenvalue weighted by Crippen LogP contribution is 2.42. The predicted molar refractivity (Wildman–Crippen MR) is 87.2 cm³/mol. The van der Waals surface area contributed by atoms with E-state index < -0.39 is 17.1 Å². The smallest absolute Gasteiger partial charge is 0.335 e. The molecule has 1 fully saturated rings. The van der Waals surface area contributed by atoms with Crippen molar-refractivity contribution in [3.63, 3.8) is 0 Å². The number of halogens is 1. The number of carboxylic acid groups (broad SMARTS) is 1. The van der Waals surface area contributed by atoms with Gasteiger partial charge in [-0.3, -0.25) is 9.69 Å². The van der Waals surface area contributed by atoms with Crippen LogP contribution in [0.5, 0.6) is 0 Å². The van der Waals surface area contributed by atoms with Crippen molar-refractivity contribution >= 4 is 29.3 Å². The van der Waals surface area contributed by atoms with Crippen molar-refractivity contribution in [2.24, 2.45) is 0 Å². The Morgan fingerprint density at radius 1 is 1.35 bits per heavy atom. The van der Waals surface area contributed by atoms with Crippen molar-refractivity contribution in [2.75, 3.05) is 10.7 Å². The summed E-state index contributed by atoms with van der Waals surface area (Å²) in [6.07, 6.45) is 0. The molecule has 1 aliphatic rings. The van der Waals surface area contributed by atoms with Crippen molar-refractivity contribution in [1.82, 2.24) is 0 Å². The van der Waals surface area contributed by atoms with Gasteiger partial charge in [-0.05, 0) is 48.4 Å². The lowest BCUT2D eigenvalue weighted by Gasteiger charge is -2.26. The molecular formula is C17H14FNO3S. The molecule has 0 saturated carbocycles. The van der Waals surface area contributed by atoms with E-state index in [1.54, 1.807) is 6.92 Å². The van der Waals surface area contributed by atoms with E-state index in [2.05, 4.69) is 0 Å². The summed E-state index contributed by atoms with van der Waals surface area (Å²) in [5.41, 5.74) is 1.67. The van der Waals surface area contributed by atoms with Crippen LogP contribution < -0.4 is 4.90 Å². The number of thioether (sulfide) groups is 1. The van der Waals surface area contributed by atoms with E-state index in [0.717, 1.165) is 11.8 Å². The Hall–Kier alpha value is -2.34. The van der Waals surface area contributed by atoms with Crippen LogP contribution in [-0.4, -0.2) is 22.7 Å². The fourth-order valence-electron chi connectivity index (χ4n) is 2.46. The fourth-order valence-corrected chi connectivity index (χ4v) is 3.48. The van der Waals surface area contributed by atoms with Gasteiger partial charge in [-0.2, -0.15) is 0 Å². The second-order valence-electron chi connectivity index (χ2n) is 5.14. The summed E-state index contributed by atoms with van der Waals surface area (Å²) in [4.78, 5) is 24.8. The van der Waals surface area contributed by atoms with E-state index in [9.17, 15) is 14.0 Å². The van der Waals surface area contributed by atoms with Crippen LogP contribution >= 0.6 is 11.8 Å². The number of aryl methyl sites for hydroxylation is 1. The zero-order valence-electron chi connectivity index (χ0n) is 13.2. The number of hydrogen-bond acceptors (Lipinski definition) is 3. The first-order valence-electron chi connectivity index (χ1n) is 7.40. The molecule has 6 heteroatoms. The number of amides is 1. The van der Waals surface area contributed by atoms with Gasteiger partial charge in [-0.1, -0.05) is 12.1 Å². The first-order valence-corrected chi connectivity index (χ1v) is 7.88. The van der Waals surface area contributed by atoms with Gasteiger partial charge in [-0.25, -0.2) is 9.18 Å². The topological polar surface area (TPSA) is 57.6 Å². The van der Waals surface area contributed by atoms with Gasteiger partial charge in [0.25, 0.3) is 0 Å². The summed E-state index contributed by atoms with van der Waals surface area (Å²) in [6, 6.07) is 9.91. The largest absolute Gasteiger partial charge is 0.478 e. The molecule has 0 radical (unpaired) electrons. The maximum absolute atomic E-state index is 13.2. The van der Waals surface area contributed by atoms with E-state index in [1.807, 2.05) is 0 Å². The molecule has 1 amide bonds. The number of carboxylic acids is 1. The lowest BCUT2D eigenvalue weighted by atomic mass is 10.1. The van der Waals surface area contributed by atoms with Crippen LogP contribution in [0.4, 0.5) is 10.1 Å². The minimum Gasteiger partial charge on any atom is -0.478 e. The third-order valence-electron chi connectivity index (χ3n) is 3.56. The van der Waals surface area contributed by atoms with Crippen LogP contribution in [0.3, 0.4) is 0 Å². The van der Waals surface area contributed by atoms with Crippen LogP contribution in [0, 0.1) is 12.7 Å². The van der Waals surface area contributed by atoms with Gasteiger partial charge in [0.2, 0.25) is 5.91 Å². The molecule has 1 heterocycles. The minimum atomic E-state index is -1.42. The molecule has 0 aliphatic carbocycles. The monoisotopic (exact) mass is 332 g/mol. The van der Waals surface area contributed by atoms with Gasteiger partial charge in [0.15, 0.2) is 0 Å². The lowest BCUT2D eigenvalue weighted by Crippen LogP contribution is -2.28. The highest BCUT2D eigenvalue weighted by atomic mass is 32.2. The number of anilines is 1. The van der Waals surface area contributed by atoms with Crippen molar-refractivity contribution in [2.45, 2.75) is 12.3 Å². The van der Waals surface area contributed by atoms with Crippen molar-refractivity contribution in [3.05, 3.63) is 65.0 Å². The second kappa shape index (κ2) is 6.04. The van der Waals surface area contributed by atoms with Crippen LogP contribution in [-0.2, 0) is 4.79 Å². The van der Waals surface area contributed by atoms with E-state index in [4.69, 9.17) is 6.48 Å². The zero-order chi connectivity index (χ0) is 17.5. The summed E-state index contributed by atoms with van der Waals surface area (Å²) in [5.74, 6) is -1.58. The Labute approximate surface area is 138 Å². The molecule has 0 bridgehead atoms. The quantitative estimate of drug-likeness (QED) is 0.933. The molecule has 4 nitrogen and oxygen atoms in total. The Morgan fingerprint density at radius 3 is 2.65 bits per heavy atom. The number of rotatable bonds is 3. The summed E-state index contributed by atoms with van der Waals surface area (Å²) in [5, 5.41) is 7.65. The SMILES string of the molecule is [2H]C1(c2ccc(F)cc2)SCC(=O)N1c1ccc(C(=O)O)cc1C. The Bertz CT molecular complexity index is 827. The Kier molecular flexibility index (Phi) is 3.75. The minimum absolute atomic E-state index is 0.118. The van der Waals surface area contributed by atoms with Gasteiger partial charge in [0.05, 0.1) is 12.7 Å². The number of carbonyl (C=O) groups is 2. The second-order valence-corrected chi connectivity index (χ2v) is 6.10. The standard InChI is InChI=1S/C17H14FNO3S/c1-10-8-12(17(21)22)4-7-14(10)19-15(20)9-23-16(19)11-2-5-13(18)6-3-11/h2-8,16H,9H2,1H3,(H,21,22)/i16D. The number of benzene rings is 2. The lowest BCUT2D eigenvalue weighted by molar-refractivity contribution is -0.115. The van der Waals surface area contributed by atoms with Crippen LogP contribution in [0.1, 0.15) is 28.2 Å². The summed E-state index contributed by atoms with van der Waals surface area (Å²) in [6.45, 7) is 1.70. The van der Waals surface area contributed by atoms with E-state index in [0.29, 0.717) is 16.8 Å². The molecule has 0 aromatic heterocycles. The molecule has 1 atom stereocenters. The molecule has 23 heavy (non-hydrogen) atoms. The van der Waals surface area contributed by atoms with Gasteiger partial charge in [-0.15, -0.1) is 11.8 Å². The molecule has 118 valence electrons. The Balaban J connectivity index is 2.08. The summed E-state index contributed by atoms with van der Waals surface area (Å²) in [7, 11) is 0. The van der Waals surface area contributed by atoms with Crippen LogP contribution in [0.25, 0.3) is 0 Å². The molecule has 3 rings (SSSR count). The van der Waals surface area contributed by atoms with Crippen molar-refractivity contribution in [1.29, 1.82) is 0 Å². The molecule has 1 N–H and O–H groups in total. The highest BCUT2D eigenvalue weighted by Gasteiger charge is 2.34. The first-order chi connectivity index (χ1) is 11.3. The highest BCUT2D eigenvalue weighted by molar-refractivity contribution is 8.00. The predicted octanol–water partition coefficient (Wildman–Crippen LogP) is 3.61. The molecule has 2 aromatic carbocycles. The van der Waals surface area contributed by atoms with E-state index in [-0.39, 0.29) is 17.2 Å². The summed E-state index contributed by atoms with van der Waals surface area (Å²) >= 11 is 1.14. The number of aromatic carboxylic acids is 1. The average Bonchev–Trinajstić information content (AvgIpc) is 2.84. The molecule has 2 aromatic rings. The fraction of sp³-hybridized carbons (Fsp3) is 0.176. The zero-order valence-corrected chi connectivity index (χ0v) is 13.1. The molecule has 1 aliphatic heterocycles. The third-order valence-corrected chi connectivity index (χ3v) is 4.64. The number of hydrogen-bond donors (Lipinski definition) is 1. The van der Waals surface area contributed by atoms with Crippen LogP contribution in [0.15, 0.2) is 42.5 Å². The molecule has 1 unspecified atom stereocenters. The normalized spacial score (nSPS) is 21.4. The summed E-state index contributed by atoms with van der Waals surface area (Å²) < 4.78 is 22.0. The van der Waals surface area contributed by atoms with Gasteiger partial charge in [0, 0.05) is 5.69 Å². The van der Waals surface area contributed by atoms with Crippen LogP contribution in [0.2, 0.25) is 0 Å². The number of nitrogens with zero attached hydrogens (tertiary/aromatic N) is 1.